The fourth-order valence-corrected chi connectivity index (χ4v) is 1.98. The summed E-state index contributed by atoms with van der Waals surface area (Å²) < 4.78 is 1.60. The maximum Gasteiger partial charge on any atom is 0.240 e. The molecule has 0 unspecified atom stereocenters. The van der Waals surface area contributed by atoms with Crippen LogP contribution in [0.25, 0.3) is 5.82 Å². The lowest BCUT2D eigenvalue weighted by Gasteiger charge is -2.07. The summed E-state index contributed by atoms with van der Waals surface area (Å²) in [4.78, 5) is 8.59. The number of nitrogens with two attached hydrogens (primary N) is 2. The molecule has 0 atom stereocenters. The molecule has 0 fully saturated rings. The number of nitrogens with zero attached hydrogens (tertiary/aromatic N) is 4. The van der Waals surface area contributed by atoms with E-state index in [9.17, 15) is 0 Å². The van der Waals surface area contributed by atoms with Crippen LogP contribution in [0, 0.1) is 0 Å². The second-order valence-electron chi connectivity index (χ2n) is 5.06. The summed E-state index contributed by atoms with van der Waals surface area (Å²) >= 11 is 0. The fourth-order valence-electron chi connectivity index (χ4n) is 1.98. The van der Waals surface area contributed by atoms with Crippen LogP contribution in [0.2, 0.25) is 0 Å². The van der Waals surface area contributed by atoms with E-state index >= 15 is 0 Å². The lowest BCUT2D eigenvalue weighted by Crippen LogP contribution is -2.10. The van der Waals surface area contributed by atoms with Gasteiger partial charge in [0.15, 0.2) is 5.82 Å². The van der Waals surface area contributed by atoms with Gasteiger partial charge >= 0.3 is 0 Å². The van der Waals surface area contributed by atoms with Crippen molar-refractivity contribution in [3.05, 3.63) is 59.9 Å². The van der Waals surface area contributed by atoms with E-state index in [4.69, 9.17) is 11.5 Å². The van der Waals surface area contributed by atoms with Gasteiger partial charge in [0, 0.05) is 6.42 Å². The van der Waals surface area contributed by atoms with Crippen molar-refractivity contribution in [2.45, 2.75) is 20.3 Å². The summed E-state index contributed by atoms with van der Waals surface area (Å²) in [5, 5.41) is 4.22. The highest BCUT2D eigenvalue weighted by molar-refractivity contribution is 5.82. The van der Waals surface area contributed by atoms with E-state index in [1.165, 1.54) is 0 Å². The van der Waals surface area contributed by atoms with Crippen molar-refractivity contribution in [1.29, 1.82) is 0 Å². The van der Waals surface area contributed by atoms with Crippen LogP contribution >= 0.6 is 0 Å². The zero-order valence-electron chi connectivity index (χ0n) is 12.8. The van der Waals surface area contributed by atoms with E-state index in [0.29, 0.717) is 23.9 Å². The third-order valence-corrected chi connectivity index (χ3v) is 2.78. The summed E-state index contributed by atoms with van der Waals surface area (Å²) in [6.45, 7) is 7.45. The van der Waals surface area contributed by atoms with Gasteiger partial charge in [0.2, 0.25) is 5.95 Å². The molecule has 114 valence electrons. The van der Waals surface area contributed by atoms with Gasteiger partial charge in [-0.2, -0.15) is 9.67 Å². The molecule has 0 amide bonds. The SMILES string of the molecule is C=C(C)/C=C(\N=C(\C)N)n1nc(N)nc1Cc1ccccc1. The van der Waals surface area contributed by atoms with Crippen molar-refractivity contribution >= 4 is 17.6 Å². The number of benzene rings is 1. The second kappa shape index (κ2) is 6.71. The zero-order valence-corrected chi connectivity index (χ0v) is 12.8. The number of hydrogen-bond donors (Lipinski definition) is 2. The zero-order chi connectivity index (χ0) is 16.1. The predicted octanol–water partition coefficient (Wildman–Crippen LogP) is 2.20. The molecule has 0 aliphatic heterocycles. The van der Waals surface area contributed by atoms with E-state index in [1.54, 1.807) is 17.7 Å². The molecule has 0 spiro atoms. The van der Waals surface area contributed by atoms with E-state index < -0.39 is 0 Å². The number of nitrogen functional groups attached to an aromatic ring is 1. The van der Waals surface area contributed by atoms with Crippen LogP contribution in [0.1, 0.15) is 25.2 Å². The Morgan fingerprint density at radius 1 is 1.32 bits per heavy atom. The van der Waals surface area contributed by atoms with Crippen LogP contribution in [0.3, 0.4) is 0 Å². The minimum absolute atomic E-state index is 0.198. The van der Waals surface area contributed by atoms with Crippen LogP contribution in [0.15, 0.2) is 53.6 Å². The van der Waals surface area contributed by atoms with Crippen LogP contribution in [0.4, 0.5) is 5.95 Å². The Labute approximate surface area is 129 Å². The highest BCUT2D eigenvalue weighted by atomic mass is 15.4. The lowest BCUT2D eigenvalue weighted by atomic mass is 10.1. The largest absolute Gasteiger partial charge is 0.387 e. The van der Waals surface area contributed by atoms with Crippen molar-refractivity contribution in [2.75, 3.05) is 5.73 Å². The Hall–Kier alpha value is -2.89. The first-order valence-electron chi connectivity index (χ1n) is 6.89. The smallest absolute Gasteiger partial charge is 0.240 e. The molecule has 0 saturated heterocycles. The molecule has 6 heteroatoms. The number of amidine groups is 1. The number of anilines is 1. The number of aromatic nitrogens is 3. The number of rotatable bonds is 5. The summed E-state index contributed by atoms with van der Waals surface area (Å²) in [7, 11) is 0. The molecule has 4 N–H and O–H groups in total. The molecule has 1 aromatic heterocycles. The summed E-state index contributed by atoms with van der Waals surface area (Å²) in [5.41, 5.74) is 13.4. The molecule has 0 aliphatic carbocycles. The van der Waals surface area contributed by atoms with E-state index in [0.717, 1.165) is 11.1 Å². The maximum atomic E-state index is 5.76. The molecule has 2 rings (SSSR count). The Morgan fingerprint density at radius 3 is 2.59 bits per heavy atom. The van der Waals surface area contributed by atoms with Crippen molar-refractivity contribution in [3.63, 3.8) is 0 Å². The third-order valence-electron chi connectivity index (χ3n) is 2.78. The van der Waals surface area contributed by atoms with Crippen molar-refractivity contribution in [2.24, 2.45) is 10.7 Å². The van der Waals surface area contributed by atoms with Gasteiger partial charge in [0.25, 0.3) is 0 Å². The minimum atomic E-state index is 0.198. The average Bonchev–Trinajstić information content (AvgIpc) is 2.79. The quantitative estimate of drug-likeness (QED) is 0.502. The predicted molar refractivity (Wildman–Crippen MR) is 90.1 cm³/mol. The molecule has 1 aromatic carbocycles. The molecule has 6 nitrogen and oxygen atoms in total. The summed E-state index contributed by atoms with van der Waals surface area (Å²) in [5.74, 6) is 1.86. The first-order chi connectivity index (χ1) is 10.5. The minimum Gasteiger partial charge on any atom is -0.387 e. The van der Waals surface area contributed by atoms with Crippen LogP contribution in [-0.2, 0) is 6.42 Å². The first kappa shape index (κ1) is 15.5. The molecule has 0 saturated carbocycles. The maximum absolute atomic E-state index is 5.76. The van der Waals surface area contributed by atoms with Gasteiger partial charge in [-0.3, -0.25) is 0 Å². The molecule has 0 bridgehead atoms. The molecule has 22 heavy (non-hydrogen) atoms. The monoisotopic (exact) mass is 296 g/mol. The van der Waals surface area contributed by atoms with Crippen LogP contribution in [0.5, 0.6) is 0 Å². The molecule has 0 radical (unpaired) electrons. The van der Waals surface area contributed by atoms with Crippen LogP contribution < -0.4 is 11.5 Å². The standard InChI is InChI=1S/C16H20N6/c1-11(2)9-14(19-12(3)17)22-15(20-16(18)21-22)10-13-7-5-4-6-8-13/h4-9H,1,10H2,2-3H3,(H2,17,19)(H2,18,21)/b14-9+. The van der Waals surface area contributed by atoms with Gasteiger partial charge in [-0.25, -0.2) is 4.99 Å². The average molecular weight is 296 g/mol. The Balaban J connectivity index is 2.46. The number of hydrogen-bond acceptors (Lipinski definition) is 4. The number of allylic oxidation sites excluding steroid dienone is 2. The lowest BCUT2D eigenvalue weighted by molar-refractivity contribution is 0.820. The van der Waals surface area contributed by atoms with E-state index in [2.05, 4.69) is 21.7 Å². The van der Waals surface area contributed by atoms with Crippen molar-refractivity contribution in [1.82, 2.24) is 14.8 Å². The van der Waals surface area contributed by atoms with Crippen LogP contribution in [-0.4, -0.2) is 20.6 Å². The van der Waals surface area contributed by atoms with E-state index in [-0.39, 0.29) is 5.95 Å². The Morgan fingerprint density at radius 2 is 2.00 bits per heavy atom. The van der Waals surface area contributed by atoms with Crippen molar-refractivity contribution < 1.29 is 0 Å². The fraction of sp³-hybridized carbons (Fsp3) is 0.188. The van der Waals surface area contributed by atoms with Gasteiger partial charge in [-0.15, -0.1) is 5.10 Å². The topological polar surface area (TPSA) is 95.1 Å². The summed E-state index contributed by atoms with van der Waals surface area (Å²) in [6.07, 6.45) is 2.39. The van der Waals surface area contributed by atoms with Gasteiger partial charge in [0.05, 0.1) is 5.84 Å². The Bertz CT molecular complexity index is 720. The van der Waals surface area contributed by atoms with Gasteiger partial charge in [-0.05, 0) is 25.5 Å². The van der Waals surface area contributed by atoms with Gasteiger partial charge in [0.1, 0.15) is 5.82 Å². The highest BCUT2D eigenvalue weighted by Crippen LogP contribution is 2.16. The van der Waals surface area contributed by atoms with Crippen molar-refractivity contribution in [3.8, 4) is 0 Å². The highest BCUT2D eigenvalue weighted by Gasteiger charge is 2.12. The second-order valence-corrected chi connectivity index (χ2v) is 5.06. The van der Waals surface area contributed by atoms with Gasteiger partial charge in [-0.1, -0.05) is 42.5 Å². The van der Waals surface area contributed by atoms with Gasteiger partial charge < -0.3 is 11.5 Å². The summed E-state index contributed by atoms with van der Waals surface area (Å²) in [6, 6.07) is 9.97. The van der Waals surface area contributed by atoms with E-state index in [1.807, 2.05) is 37.3 Å². The number of aliphatic imine (C=N–C) groups is 1. The molecule has 0 aliphatic rings. The molecule has 2 aromatic rings. The molecule has 1 heterocycles. The Kier molecular flexibility index (Phi) is 4.73. The normalized spacial score (nSPS) is 12.5. The molecular weight excluding hydrogens is 276 g/mol. The molecular formula is C16H20N6. The third kappa shape index (κ3) is 4.05. The first-order valence-corrected chi connectivity index (χ1v) is 6.89.